The molecule has 0 unspecified atom stereocenters. The minimum absolute atomic E-state index is 0.241. The van der Waals surface area contributed by atoms with Gasteiger partial charge in [-0.2, -0.15) is 10.1 Å². The first kappa shape index (κ1) is 18.3. The van der Waals surface area contributed by atoms with Gasteiger partial charge in [-0.3, -0.25) is 10.1 Å². The highest BCUT2D eigenvalue weighted by molar-refractivity contribution is 6.03. The largest absolute Gasteiger partial charge is 0.491 e. The summed E-state index contributed by atoms with van der Waals surface area (Å²) in [5, 5.41) is 10.6. The Hall–Kier alpha value is -2.45. The fraction of sp³-hybridized carbons (Fsp3) is 0.500. The van der Waals surface area contributed by atoms with Gasteiger partial charge in [-0.25, -0.2) is 4.68 Å². The number of hydrogen-bond acceptors (Lipinski definition) is 6. The number of piperidine rings is 1. The Kier molecular flexibility index (Phi) is 6.19. The highest BCUT2D eigenvalue weighted by Gasteiger charge is 2.21. The Morgan fingerprint density at radius 1 is 1.35 bits per heavy atom. The van der Waals surface area contributed by atoms with Crippen molar-refractivity contribution in [2.75, 3.05) is 38.7 Å². The van der Waals surface area contributed by atoms with E-state index in [9.17, 15) is 4.79 Å². The molecule has 3 rings (SSSR count). The predicted molar refractivity (Wildman–Crippen MR) is 97.6 cm³/mol. The molecule has 0 spiro atoms. The summed E-state index contributed by atoms with van der Waals surface area (Å²) in [4.78, 5) is 17.1. The standard InChI is InChI=1S/C18H25N5O3/c1-23-18(20-16(22-23)13-6-8-19-9-7-13)21-17(24)14-4-3-5-15(12-14)26-11-10-25-2/h3-5,12-13,19H,6-11H2,1-2H3,(H,20,21,22,24). The van der Waals surface area contributed by atoms with Gasteiger partial charge in [0.2, 0.25) is 5.95 Å². The highest BCUT2D eigenvalue weighted by Crippen LogP contribution is 2.23. The molecule has 1 fully saturated rings. The van der Waals surface area contributed by atoms with Crippen molar-refractivity contribution in [2.24, 2.45) is 7.05 Å². The topological polar surface area (TPSA) is 90.3 Å². The van der Waals surface area contributed by atoms with Gasteiger partial charge in [-0.15, -0.1) is 0 Å². The van der Waals surface area contributed by atoms with E-state index in [-0.39, 0.29) is 5.91 Å². The van der Waals surface area contributed by atoms with Gasteiger partial charge in [0, 0.05) is 25.6 Å². The number of carbonyl (C=O) groups is 1. The Bertz CT molecular complexity index is 740. The summed E-state index contributed by atoms with van der Waals surface area (Å²) in [7, 11) is 3.41. The van der Waals surface area contributed by atoms with Crippen LogP contribution < -0.4 is 15.4 Å². The number of nitrogens with one attached hydrogen (secondary N) is 2. The molecule has 0 atom stereocenters. The van der Waals surface area contributed by atoms with E-state index in [1.54, 1.807) is 37.0 Å². The lowest BCUT2D eigenvalue weighted by Crippen LogP contribution is -2.27. The number of carbonyl (C=O) groups excluding carboxylic acids is 1. The number of amides is 1. The quantitative estimate of drug-likeness (QED) is 0.729. The summed E-state index contributed by atoms with van der Waals surface area (Å²) < 4.78 is 12.1. The number of aromatic nitrogens is 3. The third kappa shape index (κ3) is 4.59. The van der Waals surface area contributed by atoms with E-state index < -0.39 is 0 Å². The molecule has 0 aliphatic carbocycles. The van der Waals surface area contributed by atoms with E-state index in [1.807, 2.05) is 6.07 Å². The summed E-state index contributed by atoms with van der Waals surface area (Å²) in [5.74, 6) is 1.97. The van der Waals surface area contributed by atoms with E-state index >= 15 is 0 Å². The lowest BCUT2D eigenvalue weighted by atomic mass is 9.98. The monoisotopic (exact) mass is 359 g/mol. The molecule has 8 nitrogen and oxygen atoms in total. The zero-order chi connectivity index (χ0) is 18.4. The van der Waals surface area contributed by atoms with Gasteiger partial charge < -0.3 is 14.8 Å². The van der Waals surface area contributed by atoms with Crippen LogP contribution in [0.3, 0.4) is 0 Å². The fourth-order valence-corrected chi connectivity index (χ4v) is 2.91. The molecular formula is C18H25N5O3. The number of methoxy groups -OCH3 is 1. The maximum absolute atomic E-state index is 12.6. The second kappa shape index (κ2) is 8.77. The molecule has 1 aromatic heterocycles. The Balaban J connectivity index is 1.66. The molecule has 0 bridgehead atoms. The van der Waals surface area contributed by atoms with E-state index in [0.29, 0.717) is 36.4 Å². The van der Waals surface area contributed by atoms with Gasteiger partial charge in [0.25, 0.3) is 5.91 Å². The van der Waals surface area contributed by atoms with Gasteiger partial charge in [-0.05, 0) is 44.1 Å². The first-order valence-corrected chi connectivity index (χ1v) is 8.82. The van der Waals surface area contributed by atoms with E-state index in [1.165, 1.54) is 0 Å². The molecule has 2 aromatic rings. The summed E-state index contributed by atoms with van der Waals surface area (Å²) >= 11 is 0. The molecule has 8 heteroatoms. The molecule has 26 heavy (non-hydrogen) atoms. The van der Waals surface area contributed by atoms with E-state index in [2.05, 4.69) is 20.7 Å². The van der Waals surface area contributed by atoms with E-state index in [4.69, 9.17) is 9.47 Å². The number of ether oxygens (including phenoxy) is 2. The lowest BCUT2D eigenvalue weighted by Gasteiger charge is -2.19. The zero-order valence-corrected chi connectivity index (χ0v) is 15.2. The van der Waals surface area contributed by atoms with Crippen molar-refractivity contribution in [3.63, 3.8) is 0 Å². The van der Waals surface area contributed by atoms with Crippen LogP contribution in [0.1, 0.15) is 34.9 Å². The Morgan fingerprint density at radius 2 is 2.15 bits per heavy atom. The van der Waals surface area contributed by atoms with Crippen molar-refractivity contribution in [3.05, 3.63) is 35.7 Å². The normalized spacial score (nSPS) is 15.0. The van der Waals surface area contributed by atoms with Crippen molar-refractivity contribution in [1.29, 1.82) is 0 Å². The van der Waals surface area contributed by atoms with Crippen LogP contribution >= 0.6 is 0 Å². The average molecular weight is 359 g/mol. The van der Waals surface area contributed by atoms with Gasteiger partial charge in [-0.1, -0.05) is 6.07 Å². The predicted octanol–water partition coefficient (Wildman–Crippen LogP) is 1.56. The SMILES string of the molecule is COCCOc1cccc(C(=O)Nc2nc(C3CCNCC3)nn2C)c1. The molecule has 2 N–H and O–H groups in total. The fourth-order valence-electron chi connectivity index (χ4n) is 2.91. The van der Waals surface area contributed by atoms with Gasteiger partial charge in [0.15, 0.2) is 5.82 Å². The highest BCUT2D eigenvalue weighted by atomic mass is 16.5. The summed E-state index contributed by atoms with van der Waals surface area (Å²) in [5.41, 5.74) is 0.506. The van der Waals surface area contributed by atoms with Crippen LogP contribution in [0, 0.1) is 0 Å². The number of aryl methyl sites for hydroxylation is 1. The molecule has 1 saturated heterocycles. The molecular weight excluding hydrogens is 334 g/mol. The molecule has 1 aliphatic rings. The first-order chi connectivity index (χ1) is 12.7. The van der Waals surface area contributed by atoms with Crippen LogP contribution in [0.4, 0.5) is 5.95 Å². The number of anilines is 1. The number of rotatable bonds is 7. The number of hydrogen-bond donors (Lipinski definition) is 2. The second-order valence-electron chi connectivity index (χ2n) is 6.26. The van der Waals surface area contributed by atoms with E-state index in [0.717, 1.165) is 31.8 Å². The van der Waals surface area contributed by atoms with Crippen LogP contribution in [0.2, 0.25) is 0 Å². The lowest BCUT2D eigenvalue weighted by molar-refractivity contribution is 0.102. The maximum atomic E-state index is 12.6. The first-order valence-electron chi connectivity index (χ1n) is 8.82. The molecule has 2 heterocycles. The maximum Gasteiger partial charge on any atom is 0.258 e. The summed E-state index contributed by atoms with van der Waals surface area (Å²) in [6.07, 6.45) is 2.02. The number of nitrogens with zero attached hydrogens (tertiary/aromatic N) is 3. The minimum atomic E-state index is -0.241. The molecule has 0 radical (unpaired) electrons. The van der Waals surface area contributed by atoms with Crippen molar-refractivity contribution in [3.8, 4) is 5.75 Å². The Labute approximate surface area is 152 Å². The Morgan fingerprint density at radius 3 is 2.92 bits per heavy atom. The van der Waals surface area contributed by atoms with Crippen molar-refractivity contribution in [2.45, 2.75) is 18.8 Å². The third-order valence-electron chi connectivity index (χ3n) is 4.36. The number of benzene rings is 1. The second-order valence-corrected chi connectivity index (χ2v) is 6.26. The molecule has 0 saturated carbocycles. The van der Waals surface area contributed by atoms with Crippen molar-refractivity contribution >= 4 is 11.9 Å². The van der Waals surface area contributed by atoms with Crippen LogP contribution in [-0.2, 0) is 11.8 Å². The van der Waals surface area contributed by atoms with Gasteiger partial charge in [0.05, 0.1) is 6.61 Å². The molecule has 1 aromatic carbocycles. The van der Waals surface area contributed by atoms with Crippen molar-refractivity contribution < 1.29 is 14.3 Å². The molecule has 140 valence electrons. The third-order valence-corrected chi connectivity index (χ3v) is 4.36. The van der Waals surface area contributed by atoms with Gasteiger partial charge in [0.1, 0.15) is 12.4 Å². The summed E-state index contributed by atoms with van der Waals surface area (Å²) in [6, 6.07) is 7.04. The van der Waals surface area contributed by atoms with Crippen molar-refractivity contribution in [1.82, 2.24) is 20.1 Å². The molecule has 1 amide bonds. The summed E-state index contributed by atoms with van der Waals surface area (Å²) in [6.45, 7) is 2.88. The van der Waals surface area contributed by atoms with Crippen LogP contribution in [0.5, 0.6) is 5.75 Å². The minimum Gasteiger partial charge on any atom is -0.491 e. The van der Waals surface area contributed by atoms with Crippen LogP contribution in [0.15, 0.2) is 24.3 Å². The van der Waals surface area contributed by atoms with Crippen LogP contribution in [0.25, 0.3) is 0 Å². The zero-order valence-electron chi connectivity index (χ0n) is 15.2. The smallest absolute Gasteiger partial charge is 0.258 e. The average Bonchev–Trinajstić information content (AvgIpc) is 3.03. The van der Waals surface area contributed by atoms with Crippen LogP contribution in [-0.4, -0.2) is 54.1 Å². The molecule has 1 aliphatic heterocycles. The van der Waals surface area contributed by atoms with Gasteiger partial charge >= 0.3 is 0 Å².